The molecule has 10 heteroatoms. The number of phenols is 1. The molecule has 0 radical (unpaired) electrons. The number of fused-ring (bicyclic) bond motifs is 2. The van der Waals surface area contributed by atoms with Gasteiger partial charge < -0.3 is 20.1 Å². The maximum Gasteiger partial charge on any atom is 0.138 e. The van der Waals surface area contributed by atoms with Crippen molar-refractivity contribution in [3.63, 3.8) is 0 Å². The van der Waals surface area contributed by atoms with Gasteiger partial charge in [0.25, 0.3) is 0 Å². The lowest BCUT2D eigenvalue weighted by Crippen LogP contribution is -2.34. The largest absolute Gasteiger partial charge is 0.508 e. The molecule has 0 bridgehead atoms. The molecule has 1 saturated heterocycles. The van der Waals surface area contributed by atoms with Crippen LogP contribution in [0.4, 0.5) is 4.39 Å². The average molecular weight is 522 g/mol. The first-order valence-electron chi connectivity index (χ1n) is 12.8. The Bertz CT molecular complexity index is 1800. The van der Waals surface area contributed by atoms with Crippen molar-refractivity contribution in [2.75, 3.05) is 13.1 Å². The molecule has 0 amide bonds. The van der Waals surface area contributed by atoms with Gasteiger partial charge in [0.1, 0.15) is 34.8 Å². The number of hydrogen-bond acceptors (Lipinski definition) is 7. The van der Waals surface area contributed by atoms with Crippen molar-refractivity contribution in [3.8, 4) is 45.3 Å². The highest BCUT2D eigenvalue weighted by Gasteiger charge is 2.18. The predicted octanol–water partition coefficient (Wildman–Crippen LogP) is 5.21. The molecule has 0 aliphatic carbocycles. The second-order valence-electron chi connectivity index (χ2n) is 9.67. The molecule has 9 nitrogen and oxygen atoms in total. The number of piperidine rings is 1. The van der Waals surface area contributed by atoms with Crippen molar-refractivity contribution in [2.24, 2.45) is 0 Å². The Kier molecular flexibility index (Phi) is 5.66. The molecule has 0 unspecified atom stereocenters. The Morgan fingerprint density at radius 1 is 0.923 bits per heavy atom. The highest BCUT2D eigenvalue weighted by atomic mass is 19.1. The zero-order chi connectivity index (χ0) is 26.3. The molecule has 1 fully saturated rings. The summed E-state index contributed by atoms with van der Waals surface area (Å²) in [5.74, 6) is 0.0822. The Balaban J connectivity index is 1.26. The van der Waals surface area contributed by atoms with Gasteiger partial charge in [0.2, 0.25) is 0 Å². The van der Waals surface area contributed by atoms with E-state index < -0.39 is 5.82 Å². The minimum Gasteiger partial charge on any atom is -0.508 e. The van der Waals surface area contributed by atoms with E-state index in [2.05, 4.69) is 35.5 Å². The normalized spacial score (nSPS) is 14.3. The first-order chi connectivity index (χ1) is 19.1. The lowest BCUT2D eigenvalue weighted by Gasteiger charge is -2.23. The quantitative estimate of drug-likeness (QED) is 0.246. The van der Waals surface area contributed by atoms with Gasteiger partial charge in [0, 0.05) is 34.8 Å². The van der Waals surface area contributed by atoms with Crippen LogP contribution in [-0.4, -0.2) is 54.4 Å². The van der Waals surface area contributed by atoms with Crippen LogP contribution in [-0.2, 0) is 0 Å². The van der Waals surface area contributed by atoms with Gasteiger partial charge >= 0.3 is 0 Å². The molecule has 6 aromatic rings. The minimum atomic E-state index is -0.510. The number of ether oxygens (including phenoxy) is 1. The Morgan fingerprint density at radius 2 is 1.82 bits per heavy atom. The summed E-state index contributed by atoms with van der Waals surface area (Å²) in [5, 5.41) is 22.5. The fourth-order valence-electron chi connectivity index (χ4n) is 5.14. The Morgan fingerprint density at radius 3 is 2.69 bits per heavy atom. The fraction of sp³-hybridized carbons (Fsp3) is 0.172. The molecule has 39 heavy (non-hydrogen) atoms. The number of aromatic nitrogens is 6. The smallest absolute Gasteiger partial charge is 0.138 e. The van der Waals surface area contributed by atoms with E-state index in [4.69, 9.17) is 4.74 Å². The standard InChI is InChI=1S/C29H24FN7O2/c30-18-7-16(8-19(38)10-18)22-3-6-33-29-23(22)11-26(35-29)28-24-12-25(34-15-27(24)36-37-28)17-9-21(14-32-13-17)39-20-1-4-31-5-2-20/h3,6-15,20,31,38H,1-2,4-5H2,(H,33,35)(H,36,37). The molecule has 1 aromatic carbocycles. The van der Waals surface area contributed by atoms with Crippen molar-refractivity contribution in [1.29, 1.82) is 0 Å². The number of halogens is 1. The van der Waals surface area contributed by atoms with Crippen LogP contribution >= 0.6 is 0 Å². The first kappa shape index (κ1) is 23.3. The summed E-state index contributed by atoms with van der Waals surface area (Å²) in [6.07, 6.45) is 9.02. The molecule has 1 aliphatic rings. The number of benzene rings is 1. The van der Waals surface area contributed by atoms with E-state index in [0.29, 0.717) is 16.9 Å². The maximum absolute atomic E-state index is 14.0. The van der Waals surface area contributed by atoms with E-state index in [1.165, 1.54) is 12.1 Å². The third kappa shape index (κ3) is 4.44. The zero-order valence-corrected chi connectivity index (χ0v) is 20.8. The van der Waals surface area contributed by atoms with Crippen LogP contribution < -0.4 is 10.1 Å². The fourth-order valence-corrected chi connectivity index (χ4v) is 5.14. The highest BCUT2D eigenvalue weighted by Crippen LogP contribution is 2.35. The number of phenolic OH excluding ortho intramolecular Hbond substituents is 1. The van der Waals surface area contributed by atoms with Gasteiger partial charge in [0.05, 0.1) is 29.3 Å². The van der Waals surface area contributed by atoms with Crippen molar-refractivity contribution in [1.82, 2.24) is 35.5 Å². The van der Waals surface area contributed by atoms with Gasteiger partial charge in [-0.1, -0.05) is 0 Å². The Hall–Kier alpha value is -4.83. The van der Waals surface area contributed by atoms with Crippen LogP contribution in [0.15, 0.2) is 67.3 Å². The number of aromatic amines is 2. The molecular formula is C29H24FN7O2. The van der Waals surface area contributed by atoms with Crippen LogP contribution in [0.25, 0.3) is 55.7 Å². The molecule has 0 saturated carbocycles. The van der Waals surface area contributed by atoms with E-state index in [1.54, 1.807) is 30.9 Å². The number of H-pyrrole nitrogens is 2. The Labute approximate surface area is 222 Å². The zero-order valence-electron chi connectivity index (χ0n) is 20.8. The van der Waals surface area contributed by atoms with Crippen molar-refractivity contribution in [3.05, 3.63) is 73.1 Å². The maximum atomic E-state index is 14.0. The van der Waals surface area contributed by atoms with Gasteiger partial charge in [-0.25, -0.2) is 9.37 Å². The van der Waals surface area contributed by atoms with E-state index in [9.17, 15) is 9.50 Å². The molecule has 7 rings (SSSR count). The number of nitrogens with zero attached hydrogens (tertiary/aromatic N) is 4. The van der Waals surface area contributed by atoms with Crippen LogP contribution in [0.3, 0.4) is 0 Å². The SMILES string of the molecule is Oc1cc(F)cc(-c2ccnc3[nH]c(-c4n[nH]c5cnc(-c6cncc(OC7CCNCC7)c6)cc45)cc23)c1. The second kappa shape index (κ2) is 9.48. The number of rotatable bonds is 5. The van der Waals surface area contributed by atoms with Gasteiger partial charge in [-0.05, 0) is 73.5 Å². The first-order valence-corrected chi connectivity index (χ1v) is 12.8. The molecule has 4 N–H and O–H groups in total. The third-order valence-electron chi connectivity index (χ3n) is 7.03. The summed E-state index contributed by atoms with van der Waals surface area (Å²) >= 11 is 0. The van der Waals surface area contributed by atoms with Crippen LogP contribution in [0.2, 0.25) is 0 Å². The molecule has 0 spiro atoms. The highest BCUT2D eigenvalue weighted by molar-refractivity contribution is 6.00. The lowest BCUT2D eigenvalue weighted by atomic mass is 10.0. The van der Waals surface area contributed by atoms with E-state index in [-0.39, 0.29) is 11.9 Å². The predicted molar refractivity (Wildman–Crippen MR) is 146 cm³/mol. The van der Waals surface area contributed by atoms with Gasteiger partial charge in [-0.2, -0.15) is 5.10 Å². The van der Waals surface area contributed by atoms with Crippen molar-refractivity contribution < 1.29 is 14.2 Å². The van der Waals surface area contributed by atoms with E-state index in [1.807, 2.05) is 18.2 Å². The average Bonchev–Trinajstić information content (AvgIpc) is 3.57. The van der Waals surface area contributed by atoms with E-state index in [0.717, 1.165) is 76.6 Å². The summed E-state index contributed by atoms with van der Waals surface area (Å²) in [6, 6.07) is 11.7. The molecule has 1 aliphatic heterocycles. The topological polar surface area (TPSA) is 125 Å². The monoisotopic (exact) mass is 521 g/mol. The van der Waals surface area contributed by atoms with Gasteiger partial charge in [0.15, 0.2) is 0 Å². The van der Waals surface area contributed by atoms with Crippen molar-refractivity contribution >= 4 is 21.9 Å². The molecule has 0 atom stereocenters. The van der Waals surface area contributed by atoms with E-state index >= 15 is 0 Å². The van der Waals surface area contributed by atoms with Gasteiger partial charge in [-0.3, -0.25) is 15.1 Å². The second-order valence-corrected chi connectivity index (χ2v) is 9.67. The number of nitrogens with one attached hydrogen (secondary N) is 3. The number of hydrogen-bond donors (Lipinski definition) is 4. The molecule has 5 aromatic heterocycles. The number of pyridine rings is 3. The molecule has 6 heterocycles. The number of aromatic hydroxyl groups is 1. The lowest BCUT2D eigenvalue weighted by molar-refractivity contribution is 0.162. The van der Waals surface area contributed by atoms with Crippen LogP contribution in [0.5, 0.6) is 11.5 Å². The molecule has 194 valence electrons. The van der Waals surface area contributed by atoms with Crippen molar-refractivity contribution in [2.45, 2.75) is 18.9 Å². The summed E-state index contributed by atoms with van der Waals surface area (Å²) in [5.41, 5.74) is 5.76. The third-order valence-corrected chi connectivity index (χ3v) is 7.03. The summed E-state index contributed by atoms with van der Waals surface area (Å²) in [6.45, 7) is 1.91. The van der Waals surface area contributed by atoms with Crippen LogP contribution in [0, 0.1) is 5.82 Å². The summed E-state index contributed by atoms with van der Waals surface area (Å²) < 4.78 is 20.2. The van der Waals surface area contributed by atoms with Gasteiger partial charge in [-0.15, -0.1) is 0 Å². The summed E-state index contributed by atoms with van der Waals surface area (Å²) in [4.78, 5) is 16.8. The summed E-state index contributed by atoms with van der Waals surface area (Å²) in [7, 11) is 0. The minimum absolute atomic E-state index is 0.135. The molecular weight excluding hydrogens is 497 g/mol. The van der Waals surface area contributed by atoms with Crippen LogP contribution in [0.1, 0.15) is 12.8 Å².